The van der Waals surface area contributed by atoms with E-state index in [-0.39, 0.29) is 6.42 Å². The van der Waals surface area contributed by atoms with Crippen molar-refractivity contribution in [1.82, 2.24) is 0 Å². The first-order valence-electron chi connectivity index (χ1n) is 9.14. The molecule has 0 radical (unpaired) electrons. The van der Waals surface area contributed by atoms with Gasteiger partial charge in [0.1, 0.15) is 0 Å². The zero-order chi connectivity index (χ0) is 18.0. The van der Waals surface area contributed by atoms with Crippen LogP contribution in [0.25, 0.3) is 0 Å². The van der Waals surface area contributed by atoms with Gasteiger partial charge in [0.25, 0.3) is 0 Å². The van der Waals surface area contributed by atoms with E-state index < -0.39 is 5.97 Å². The topological polar surface area (TPSA) is 37.3 Å². The molecule has 0 aliphatic heterocycles. The third kappa shape index (κ3) is 13.8. The van der Waals surface area contributed by atoms with E-state index in [1.165, 1.54) is 5.56 Å². The van der Waals surface area contributed by atoms with E-state index >= 15 is 0 Å². The molecule has 0 heterocycles. The molecule has 2 nitrogen and oxygen atoms in total. The predicted octanol–water partition coefficient (Wildman–Crippen LogP) is 6.27. The van der Waals surface area contributed by atoms with Crippen LogP contribution in [-0.2, 0) is 11.2 Å². The van der Waals surface area contributed by atoms with Crippen LogP contribution in [0.5, 0.6) is 0 Å². The Balaban J connectivity index is 1.96. The number of rotatable bonds is 13. The normalized spacial score (nSPS) is 12.2. The summed E-state index contributed by atoms with van der Waals surface area (Å²) in [5.74, 6) is -0.717. The first kappa shape index (κ1) is 20.7. The molecule has 25 heavy (non-hydrogen) atoms. The van der Waals surface area contributed by atoms with Crippen molar-refractivity contribution in [3.63, 3.8) is 0 Å². The minimum absolute atomic E-state index is 0.256. The van der Waals surface area contributed by atoms with E-state index in [4.69, 9.17) is 5.11 Å². The molecule has 0 saturated carbocycles. The van der Waals surface area contributed by atoms with Gasteiger partial charge in [-0.2, -0.15) is 0 Å². The van der Waals surface area contributed by atoms with Gasteiger partial charge in [0.2, 0.25) is 0 Å². The fourth-order valence-corrected chi connectivity index (χ4v) is 2.31. The molecule has 1 aromatic carbocycles. The van der Waals surface area contributed by atoms with Crippen molar-refractivity contribution in [2.24, 2.45) is 0 Å². The Hall–Kier alpha value is -2.35. The number of hydrogen-bond acceptors (Lipinski definition) is 1. The number of carbonyl (C=O) groups is 1. The summed E-state index contributed by atoms with van der Waals surface area (Å²) < 4.78 is 0. The Morgan fingerprint density at radius 2 is 1.28 bits per heavy atom. The van der Waals surface area contributed by atoms with Crippen molar-refractivity contribution < 1.29 is 9.90 Å². The van der Waals surface area contributed by atoms with Crippen molar-refractivity contribution in [3.05, 3.63) is 84.5 Å². The molecule has 2 heteroatoms. The maximum absolute atomic E-state index is 10.3. The molecule has 1 rings (SSSR count). The first-order chi connectivity index (χ1) is 12.3. The van der Waals surface area contributed by atoms with Crippen LogP contribution in [0.1, 0.15) is 50.5 Å². The predicted molar refractivity (Wildman–Crippen MR) is 107 cm³/mol. The lowest BCUT2D eigenvalue weighted by Crippen LogP contribution is -1.92. The summed E-state index contributed by atoms with van der Waals surface area (Å²) in [6, 6.07) is 10.6. The maximum atomic E-state index is 10.3. The van der Waals surface area contributed by atoms with Gasteiger partial charge in [-0.15, -0.1) is 0 Å². The number of aliphatic carboxylic acids is 1. The number of carboxylic acids is 1. The van der Waals surface area contributed by atoms with Crippen molar-refractivity contribution in [2.45, 2.75) is 51.4 Å². The number of allylic oxidation sites excluding steroid dienone is 8. The smallest absolute Gasteiger partial charge is 0.303 e. The molecule has 0 amide bonds. The van der Waals surface area contributed by atoms with Crippen molar-refractivity contribution in [1.29, 1.82) is 0 Å². The third-order valence-corrected chi connectivity index (χ3v) is 3.69. The highest BCUT2D eigenvalue weighted by Crippen LogP contribution is 2.03. The van der Waals surface area contributed by atoms with E-state index in [1.54, 1.807) is 0 Å². The number of aryl methyl sites for hydroxylation is 1. The molecule has 0 bridgehead atoms. The van der Waals surface area contributed by atoms with Crippen molar-refractivity contribution in [3.8, 4) is 0 Å². The number of benzene rings is 1. The second kappa shape index (κ2) is 15.2. The summed E-state index contributed by atoms with van der Waals surface area (Å²) in [4.78, 5) is 10.3. The van der Waals surface area contributed by atoms with Crippen LogP contribution in [0.4, 0.5) is 0 Å². The monoisotopic (exact) mass is 338 g/mol. The molecule has 0 aromatic heterocycles. The van der Waals surface area contributed by atoms with Crippen LogP contribution in [0.15, 0.2) is 78.9 Å². The van der Waals surface area contributed by atoms with Gasteiger partial charge in [0.05, 0.1) is 0 Å². The van der Waals surface area contributed by atoms with E-state index in [0.717, 1.165) is 44.9 Å². The van der Waals surface area contributed by atoms with Crippen LogP contribution in [0.3, 0.4) is 0 Å². The van der Waals surface area contributed by atoms with E-state index in [1.807, 2.05) is 0 Å². The van der Waals surface area contributed by atoms with E-state index in [0.29, 0.717) is 0 Å². The minimum atomic E-state index is -0.717. The minimum Gasteiger partial charge on any atom is -0.481 e. The lowest BCUT2D eigenvalue weighted by atomic mass is 10.1. The molecular formula is C23H30O2. The average Bonchev–Trinajstić information content (AvgIpc) is 2.62. The molecule has 0 spiro atoms. The lowest BCUT2D eigenvalue weighted by Gasteiger charge is -1.95. The van der Waals surface area contributed by atoms with Crippen LogP contribution in [0.2, 0.25) is 0 Å². The van der Waals surface area contributed by atoms with Gasteiger partial charge < -0.3 is 5.11 Å². The second-order valence-electron chi connectivity index (χ2n) is 5.90. The van der Waals surface area contributed by atoms with Gasteiger partial charge in [-0.1, -0.05) is 78.9 Å². The summed E-state index contributed by atoms with van der Waals surface area (Å²) in [5, 5.41) is 8.52. The van der Waals surface area contributed by atoms with Crippen LogP contribution in [0, 0.1) is 0 Å². The van der Waals surface area contributed by atoms with Crippen LogP contribution >= 0.6 is 0 Å². The quantitative estimate of drug-likeness (QED) is 0.340. The zero-order valence-corrected chi connectivity index (χ0v) is 15.0. The number of hydrogen-bond donors (Lipinski definition) is 1. The summed E-state index contributed by atoms with van der Waals surface area (Å²) in [6.45, 7) is 0. The van der Waals surface area contributed by atoms with Crippen LogP contribution < -0.4 is 0 Å². The molecule has 0 aliphatic rings. The van der Waals surface area contributed by atoms with Gasteiger partial charge in [-0.05, 0) is 50.5 Å². The highest BCUT2D eigenvalue weighted by Gasteiger charge is 1.92. The van der Waals surface area contributed by atoms with Crippen LogP contribution in [-0.4, -0.2) is 11.1 Å². The maximum Gasteiger partial charge on any atom is 0.303 e. The first-order valence-corrected chi connectivity index (χ1v) is 9.14. The Morgan fingerprint density at radius 1 is 0.760 bits per heavy atom. The average molecular weight is 338 g/mol. The van der Waals surface area contributed by atoms with Crippen molar-refractivity contribution >= 4 is 5.97 Å². The highest BCUT2D eigenvalue weighted by atomic mass is 16.4. The zero-order valence-electron chi connectivity index (χ0n) is 15.0. The van der Waals surface area contributed by atoms with E-state index in [2.05, 4.69) is 78.9 Å². The Bertz CT molecular complexity index is 565. The summed E-state index contributed by atoms with van der Waals surface area (Å²) >= 11 is 0. The standard InChI is InChI=1S/C23H30O2/c24-23(25)21-17-12-10-8-6-4-2-1-3-5-7-9-11-14-18-22-19-15-13-16-20-22/h2-5,8-11,13,15-16,19-20H,1,6-7,12,14,17-18,21H2,(H,24,25)/b4-2+,5-3+,10-8+,11-9+. The Morgan fingerprint density at radius 3 is 1.84 bits per heavy atom. The molecule has 0 unspecified atom stereocenters. The molecule has 0 atom stereocenters. The summed E-state index contributed by atoms with van der Waals surface area (Å²) in [6.07, 6.45) is 24.2. The van der Waals surface area contributed by atoms with Gasteiger partial charge in [-0.3, -0.25) is 4.79 Å². The summed E-state index contributed by atoms with van der Waals surface area (Å²) in [5.41, 5.74) is 1.39. The largest absolute Gasteiger partial charge is 0.481 e. The summed E-state index contributed by atoms with van der Waals surface area (Å²) in [7, 11) is 0. The van der Waals surface area contributed by atoms with Gasteiger partial charge in [0.15, 0.2) is 0 Å². The van der Waals surface area contributed by atoms with Gasteiger partial charge in [0, 0.05) is 6.42 Å². The Labute approximate surface area is 152 Å². The third-order valence-electron chi connectivity index (χ3n) is 3.69. The SMILES string of the molecule is O=C(O)CCC/C=C/C/C=C/C/C=C/C/C=C/CCc1ccccc1. The molecule has 134 valence electrons. The highest BCUT2D eigenvalue weighted by molar-refractivity contribution is 5.66. The molecule has 0 fully saturated rings. The molecule has 0 aliphatic carbocycles. The van der Waals surface area contributed by atoms with Crippen molar-refractivity contribution in [2.75, 3.05) is 0 Å². The molecule has 0 saturated heterocycles. The second-order valence-corrected chi connectivity index (χ2v) is 5.90. The fourth-order valence-electron chi connectivity index (χ4n) is 2.31. The van der Waals surface area contributed by atoms with Gasteiger partial charge in [-0.25, -0.2) is 0 Å². The number of unbranched alkanes of at least 4 members (excludes halogenated alkanes) is 1. The Kier molecular flexibility index (Phi) is 12.6. The van der Waals surface area contributed by atoms with E-state index in [9.17, 15) is 4.79 Å². The fraction of sp³-hybridized carbons (Fsp3) is 0.348. The molecule has 1 N–H and O–H groups in total. The molecular weight excluding hydrogens is 308 g/mol. The number of carboxylic acid groups (broad SMARTS) is 1. The van der Waals surface area contributed by atoms with Gasteiger partial charge >= 0.3 is 5.97 Å². The molecule has 1 aromatic rings. The lowest BCUT2D eigenvalue weighted by molar-refractivity contribution is -0.137.